The Morgan fingerprint density at radius 1 is 1.03 bits per heavy atom. The Balaban J connectivity index is 0.00000272. The van der Waals surface area contributed by atoms with Crippen molar-refractivity contribution in [1.29, 1.82) is 0 Å². The van der Waals surface area contributed by atoms with Crippen molar-refractivity contribution in [3.8, 4) is 0 Å². The molecule has 4 rings (SSSR count). The van der Waals surface area contributed by atoms with E-state index >= 15 is 0 Å². The number of carbonyl (C=O) groups excluding carboxylic acids is 1. The van der Waals surface area contributed by atoms with E-state index in [1.165, 1.54) is 15.6 Å². The molecule has 0 saturated carbocycles. The van der Waals surface area contributed by atoms with Gasteiger partial charge in [-0.3, -0.25) is 4.90 Å². The van der Waals surface area contributed by atoms with Gasteiger partial charge in [-0.15, -0.1) is 23.7 Å². The first-order valence-electron chi connectivity index (χ1n) is 10.4. The maximum absolute atomic E-state index is 11.6. The molecule has 2 heterocycles. The summed E-state index contributed by atoms with van der Waals surface area (Å²) in [5.74, 6) is 2.21. The number of nitrogens with zero attached hydrogens (tertiary/aromatic N) is 2. The first-order valence-corrected chi connectivity index (χ1v) is 11.3. The highest BCUT2D eigenvalue weighted by Gasteiger charge is 2.17. The molecule has 3 aromatic rings. The van der Waals surface area contributed by atoms with Crippen LogP contribution in [0.5, 0.6) is 0 Å². The van der Waals surface area contributed by atoms with Crippen LogP contribution in [-0.2, 0) is 4.79 Å². The Bertz CT molecular complexity index is 1060. The molecular formula is C25H28ClN3OS. The molecule has 0 amide bonds. The van der Waals surface area contributed by atoms with E-state index in [2.05, 4.69) is 45.4 Å². The summed E-state index contributed by atoms with van der Waals surface area (Å²) in [4.78, 5) is 16.5. The predicted octanol–water partition coefficient (Wildman–Crippen LogP) is 4.84. The van der Waals surface area contributed by atoms with E-state index in [4.69, 9.17) is 5.73 Å². The first kappa shape index (κ1) is 23.3. The molecular weight excluding hydrogens is 426 g/mol. The largest absolute Gasteiger partial charge is 0.399 e. The number of benzene rings is 2. The Hall–Kier alpha value is -2.40. The Morgan fingerprint density at radius 3 is 2.48 bits per heavy atom. The second-order valence-electron chi connectivity index (χ2n) is 7.69. The molecule has 0 radical (unpaired) electrons. The van der Waals surface area contributed by atoms with Gasteiger partial charge in [0.2, 0.25) is 0 Å². The van der Waals surface area contributed by atoms with Crippen LogP contribution in [-0.4, -0.2) is 55.0 Å². The summed E-state index contributed by atoms with van der Waals surface area (Å²) in [6, 6.07) is 16.2. The zero-order valence-corrected chi connectivity index (χ0v) is 19.1. The van der Waals surface area contributed by atoms with Crippen LogP contribution in [0.4, 0.5) is 5.69 Å². The van der Waals surface area contributed by atoms with Gasteiger partial charge in [0.15, 0.2) is 0 Å². The zero-order valence-electron chi connectivity index (χ0n) is 17.5. The molecule has 4 nitrogen and oxygen atoms in total. The summed E-state index contributed by atoms with van der Waals surface area (Å²) in [7, 11) is 0. The number of nitrogens with two attached hydrogens (primary N) is 1. The van der Waals surface area contributed by atoms with Crippen molar-refractivity contribution in [1.82, 2.24) is 9.80 Å². The lowest BCUT2D eigenvalue weighted by molar-refractivity contribution is 0.145. The van der Waals surface area contributed by atoms with E-state index in [9.17, 15) is 4.79 Å². The van der Waals surface area contributed by atoms with Crippen molar-refractivity contribution in [3.05, 3.63) is 71.1 Å². The molecule has 0 unspecified atom stereocenters. The second kappa shape index (κ2) is 11.3. The van der Waals surface area contributed by atoms with Gasteiger partial charge < -0.3 is 10.6 Å². The molecule has 1 aliphatic rings. The van der Waals surface area contributed by atoms with Gasteiger partial charge in [-0.1, -0.05) is 42.5 Å². The van der Waals surface area contributed by atoms with Crippen molar-refractivity contribution in [2.24, 2.45) is 0 Å². The van der Waals surface area contributed by atoms with Crippen LogP contribution in [0, 0.1) is 0 Å². The van der Waals surface area contributed by atoms with Gasteiger partial charge in [-0.2, -0.15) is 0 Å². The fourth-order valence-corrected chi connectivity index (χ4v) is 4.84. The molecule has 1 aliphatic heterocycles. The molecule has 2 N–H and O–H groups in total. The topological polar surface area (TPSA) is 49.6 Å². The molecule has 2 aromatic carbocycles. The Labute approximate surface area is 194 Å². The highest BCUT2D eigenvalue weighted by molar-refractivity contribution is 7.17. The molecule has 1 fully saturated rings. The molecule has 0 bridgehead atoms. The average Bonchev–Trinajstić information content (AvgIpc) is 3.21. The monoisotopic (exact) mass is 453 g/mol. The molecule has 0 spiro atoms. The third kappa shape index (κ3) is 6.07. The number of hydrogen-bond donors (Lipinski definition) is 1. The van der Waals surface area contributed by atoms with Crippen molar-refractivity contribution in [3.63, 3.8) is 0 Å². The smallest absolute Gasteiger partial charge is 0.128 e. The van der Waals surface area contributed by atoms with Crippen LogP contribution in [0.25, 0.3) is 21.7 Å². The summed E-state index contributed by atoms with van der Waals surface area (Å²) < 4.78 is 1.22. The quantitative estimate of drug-likeness (QED) is 0.410. The van der Waals surface area contributed by atoms with Gasteiger partial charge in [0.05, 0.1) is 0 Å². The number of anilines is 1. The van der Waals surface area contributed by atoms with Crippen molar-refractivity contribution in [2.75, 3.05) is 45.0 Å². The summed E-state index contributed by atoms with van der Waals surface area (Å²) in [5.41, 5.74) is 9.55. The van der Waals surface area contributed by atoms with Crippen LogP contribution in [0.2, 0.25) is 0 Å². The van der Waals surface area contributed by atoms with Gasteiger partial charge in [-0.05, 0) is 30.2 Å². The van der Waals surface area contributed by atoms with Crippen molar-refractivity contribution >= 4 is 57.1 Å². The number of nitrogen functional groups attached to an aromatic ring is 1. The zero-order chi connectivity index (χ0) is 20.8. The van der Waals surface area contributed by atoms with E-state index in [-0.39, 0.29) is 12.4 Å². The number of rotatable bonds is 7. The number of fused-ring (bicyclic) bond motifs is 1. The normalized spacial score (nSPS) is 15.1. The van der Waals surface area contributed by atoms with Crippen LogP contribution in [0.1, 0.15) is 17.5 Å². The van der Waals surface area contributed by atoms with Gasteiger partial charge >= 0.3 is 0 Å². The van der Waals surface area contributed by atoms with Crippen LogP contribution >= 0.6 is 23.7 Å². The number of thiophene rings is 1. The SMILES string of the molecule is Cl.Nc1ccc(C=CCN2CCN(CCC(=C=O)c3csc4ccccc34)CC2)cc1. The predicted molar refractivity (Wildman–Crippen MR) is 136 cm³/mol. The van der Waals surface area contributed by atoms with E-state index in [1.807, 2.05) is 36.4 Å². The second-order valence-corrected chi connectivity index (χ2v) is 8.60. The number of hydrogen-bond acceptors (Lipinski definition) is 5. The van der Waals surface area contributed by atoms with E-state index < -0.39 is 0 Å². The van der Waals surface area contributed by atoms with Crippen molar-refractivity contribution in [2.45, 2.75) is 6.42 Å². The lowest BCUT2D eigenvalue weighted by Crippen LogP contribution is -2.46. The molecule has 1 aromatic heterocycles. The third-order valence-corrected chi connectivity index (χ3v) is 6.65. The highest BCUT2D eigenvalue weighted by Crippen LogP contribution is 2.31. The molecule has 1 saturated heterocycles. The van der Waals surface area contributed by atoms with E-state index in [0.29, 0.717) is 0 Å². The summed E-state index contributed by atoms with van der Waals surface area (Å²) in [6.07, 6.45) is 5.12. The summed E-state index contributed by atoms with van der Waals surface area (Å²) in [6.45, 7) is 6.03. The number of piperazine rings is 1. The maximum atomic E-state index is 11.6. The molecule has 162 valence electrons. The lowest BCUT2D eigenvalue weighted by Gasteiger charge is -2.34. The van der Waals surface area contributed by atoms with Crippen LogP contribution in [0.15, 0.2) is 60.0 Å². The van der Waals surface area contributed by atoms with Crippen molar-refractivity contribution < 1.29 is 4.79 Å². The minimum Gasteiger partial charge on any atom is -0.399 e. The van der Waals surface area contributed by atoms with Gasteiger partial charge in [0.25, 0.3) is 0 Å². The summed E-state index contributed by atoms with van der Waals surface area (Å²) >= 11 is 1.69. The Kier molecular flexibility index (Phi) is 8.47. The highest BCUT2D eigenvalue weighted by atomic mass is 35.5. The van der Waals surface area contributed by atoms with E-state index in [1.54, 1.807) is 11.3 Å². The first-order chi connectivity index (χ1) is 14.7. The molecule has 0 aliphatic carbocycles. The summed E-state index contributed by atoms with van der Waals surface area (Å²) in [5, 5.41) is 3.26. The van der Waals surface area contributed by atoms with Gasteiger partial charge in [0, 0.05) is 71.6 Å². The Morgan fingerprint density at radius 2 is 1.74 bits per heavy atom. The molecule has 0 atom stereocenters. The van der Waals surface area contributed by atoms with Crippen LogP contribution in [0.3, 0.4) is 0 Å². The van der Waals surface area contributed by atoms with E-state index in [0.717, 1.165) is 62.5 Å². The molecule has 31 heavy (non-hydrogen) atoms. The number of halogens is 1. The van der Waals surface area contributed by atoms with Crippen LogP contribution < -0.4 is 5.73 Å². The maximum Gasteiger partial charge on any atom is 0.128 e. The third-order valence-electron chi connectivity index (χ3n) is 5.68. The minimum absolute atomic E-state index is 0. The fourth-order valence-electron chi connectivity index (χ4n) is 3.86. The fraction of sp³-hybridized carbons (Fsp3) is 0.280. The van der Waals surface area contributed by atoms with Gasteiger partial charge in [0.1, 0.15) is 5.94 Å². The van der Waals surface area contributed by atoms with Gasteiger partial charge in [-0.25, -0.2) is 4.79 Å². The standard InChI is InChI=1S/C25H27N3OS.ClH/c26-22-9-7-20(8-10-22)4-3-12-27-14-16-28(17-15-27)13-11-21(18-29)24-19-30-25-6-2-1-5-23(24)25;/h1-10,19H,11-17,26H2;1H. The lowest BCUT2D eigenvalue weighted by atomic mass is 10.0. The average molecular weight is 454 g/mol. The minimum atomic E-state index is 0. The molecule has 6 heteroatoms.